The van der Waals surface area contributed by atoms with Crippen molar-refractivity contribution in [2.24, 2.45) is 0 Å². The molecule has 0 unspecified atom stereocenters. The minimum absolute atomic E-state index is 0.560. The van der Waals surface area contributed by atoms with Crippen molar-refractivity contribution in [3.8, 4) is 0 Å². The highest BCUT2D eigenvalue weighted by atomic mass is 35.5. The summed E-state index contributed by atoms with van der Waals surface area (Å²) >= 11 is 8.91. The van der Waals surface area contributed by atoms with Crippen molar-refractivity contribution in [2.45, 2.75) is 36.2 Å². The highest BCUT2D eigenvalue weighted by Gasteiger charge is 2.30. The van der Waals surface area contributed by atoms with Crippen molar-refractivity contribution in [1.82, 2.24) is 24.4 Å². The minimum Gasteiger partial charge on any atom is -0.301 e. The Kier molecular flexibility index (Phi) is 4.33. The zero-order valence-electron chi connectivity index (χ0n) is 12.2. The first-order valence-electron chi connectivity index (χ1n) is 7.38. The molecule has 0 radical (unpaired) electrons. The van der Waals surface area contributed by atoms with Crippen molar-refractivity contribution >= 4 is 34.9 Å². The minimum atomic E-state index is 0.560. The molecule has 1 aromatic carbocycles. The second kappa shape index (κ2) is 6.59. The van der Waals surface area contributed by atoms with E-state index in [0.717, 1.165) is 23.2 Å². The first-order valence-corrected chi connectivity index (χ1v) is 9.51. The van der Waals surface area contributed by atoms with E-state index in [0.29, 0.717) is 16.0 Å². The predicted octanol–water partition coefficient (Wildman–Crippen LogP) is 4.00. The van der Waals surface area contributed by atoms with E-state index in [1.165, 1.54) is 29.9 Å². The number of rotatable bonds is 6. The van der Waals surface area contributed by atoms with E-state index in [1.807, 2.05) is 6.07 Å². The van der Waals surface area contributed by atoms with Gasteiger partial charge in [-0.1, -0.05) is 58.2 Å². The zero-order chi connectivity index (χ0) is 15.6. The van der Waals surface area contributed by atoms with E-state index in [9.17, 15) is 0 Å². The monoisotopic (exact) mass is 363 g/mol. The third kappa shape index (κ3) is 3.41. The Morgan fingerprint density at radius 3 is 2.70 bits per heavy atom. The highest BCUT2D eigenvalue weighted by Crippen LogP contribution is 2.40. The molecule has 3 aromatic rings. The number of aromatic nitrogens is 5. The lowest BCUT2D eigenvalue weighted by Crippen LogP contribution is -2.06. The number of halogens is 1. The Bertz CT molecular complexity index is 797. The summed E-state index contributed by atoms with van der Waals surface area (Å²) in [5.41, 5.74) is 2.06. The SMILES string of the molecule is Clc1snnc1CSc1nnc(C2CC2)n1Cc1ccccc1. The molecule has 118 valence electrons. The molecule has 1 fully saturated rings. The van der Waals surface area contributed by atoms with Gasteiger partial charge >= 0.3 is 0 Å². The smallest absolute Gasteiger partial charge is 0.191 e. The molecule has 23 heavy (non-hydrogen) atoms. The average Bonchev–Trinajstić information content (AvgIpc) is 3.22. The maximum atomic E-state index is 6.08. The molecule has 0 spiro atoms. The number of hydrogen-bond donors (Lipinski definition) is 0. The van der Waals surface area contributed by atoms with Gasteiger partial charge in [-0.05, 0) is 18.4 Å². The van der Waals surface area contributed by atoms with E-state index < -0.39 is 0 Å². The highest BCUT2D eigenvalue weighted by molar-refractivity contribution is 7.98. The third-order valence-electron chi connectivity index (χ3n) is 3.72. The number of nitrogens with zero attached hydrogens (tertiary/aromatic N) is 5. The summed E-state index contributed by atoms with van der Waals surface area (Å²) in [6.07, 6.45) is 2.42. The Labute approximate surface area is 147 Å². The van der Waals surface area contributed by atoms with Crippen LogP contribution in [0.4, 0.5) is 0 Å². The molecule has 0 aliphatic heterocycles. The summed E-state index contributed by atoms with van der Waals surface area (Å²) < 4.78 is 6.75. The van der Waals surface area contributed by atoms with Crippen LogP contribution < -0.4 is 0 Å². The Balaban J connectivity index is 1.57. The summed E-state index contributed by atoms with van der Waals surface area (Å²) in [5.74, 6) is 2.32. The van der Waals surface area contributed by atoms with Crippen molar-refractivity contribution in [2.75, 3.05) is 0 Å². The fraction of sp³-hybridized carbons (Fsp3) is 0.333. The van der Waals surface area contributed by atoms with Gasteiger partial charge in [0.25, 0.3) is 0 Å². The molecule has 4 rings (SSSR count). The fourth-order valence-corrected chi connectivity index (χ4v) is 4.06. The number of thioether (sulfide) groups is 1. The van der Waals surface area contributed by atoms with Crippen LogP contribution in [0, 0.1) is 0 Å². The van der Waals surface area contributed by atoms with E-state index in [1.54, 1.807) is 11.8 Å². The van der Waals surface area contributed by atoms with E-state index in [2.05, 4.69) is 48.6 Å². The van der Waals surface area contributed by atoms with Crippen LogP contribution in [0.1, 0.15) is 35.8 Å². The van der Waals surface area contributed by atoms with Gasteiger partial charge in [0, 0.05) is 23.2 Å². The van der Waals surface area contributed by atoms with Crippen molar-refractivity contribution in [3.63, 3.8) is 0 Å². The van der Waals surface area contributed by atoms with Gasteiger partial charge in [-0.3, -0.25) is 0 Å². The largest absolute Gasteiger partial charge is 0.301 e. The van der Waals surface area contributed by atoms with Gasteiger partial charge in [0.1, 0.15) is 15.9 Å². The average molecular weight is 364 g/mol. The second-order valence-electron chi connectivity index (χ2n) is 5.47. The van der Waals surface area contributed by atoms with Crippen molar-refractivity contribution in [3.05, 3.63) is 51.7 Å². The summed E-state index contributed by atoms with van der Waals surface area (Å²) in [7, 11) is 0. The molecule has 1 aliphatic carbocycles. The molecule has 5 nitrogen and oxygen atoms in total. The second-order valence-corrected chi connectivity index (χ2v) is 7.77. The molecule has 1 aliphatic rings. The summed E-state index contributed by atoms with van der Waals surface area (Å²) in [4.78, 5) is 0. The van der Waals surface area contributed by atoms with Crippen LogP contribution in [0.2, 0.25) is 4.34 Å². The van der Waals surface area contributed by atoms with E-state index in [4.69, 9.17) is 11.6 Å². The van der Waals surface area contributed by atoms with E-state index >= 15 is 0 Å². The summed E-state index contributed by atoms with van der Waals surface area (Å²) in [5, 5.41) is 13.8. The topological polar surface area (TPSA) is 56.5 Å². The molecule has 0 amide bonds. The maximum absolute atomic E-state index is 6.08. The van der Waals surface area contributed by atoms with Crippen LogP contribution >= 0.6 is 34.9 Å². The summed E-state index contributed by atoms with van der Waals surface area (Å²) in [6.45, 7) is 0.797. The predicted molar refractivity (Wildman–Crippen MR) is 92.0 cm³/mol. The number of benzene rings is 1. The lowest BCUT2D eigenvalue weighted by atomic mass is 10.2. The third-order valence-corrected chi connectivity index (χ3v) is 5.68. The van der Waals surface area contributed by atoms with Gasteiger partial charge < -0.3 is 4.57 Å². The lowest BCUT2D eigenvalue weighted by Gasteiger charge is -2.09. The standard InChI is InChI=1S/C15H14ClN5S2/c16-13-12(17-20-23-13)9-22-15-19-18-14(11-6-7-11)21(15)8-10-4-2-1-3-5-10/h1-5,11H,6-9H2. The van der Waals surface area contributed by atoms with Gasteiger partial charge in [-0.25, -0.2) is 0 Å². The van der Waals surface area contributed by atoms with Crippen LogP contribution in [0.5, 0.6) is 0 Å². The maximum Gasteiger partial charge on any atom is 0.191 e. The normalized spacial score (nSPS) is 14.3. The van der Waals surface area contributed by atoms with Crippen LogP contribution in [0.3, 0.4) is 0 Å². The van der Waals surface area contributed by atoms with Gasteiger partial charge in [0.2, 0.25) is 0 Å². The molecule has 1 saturated carbocycles. The summed E-state index contributed by atoms with van der Waals surface area (Å²) in [6, 6.07) is 10.4. The van der Waals surface area contributed by atoms with Crippen LogP contribution in [-0.4, -0.2) is 24.4 Å². The first-order chi connectivity index (χ1) is 11.3. The molecule has 0 bridgehead atoms. The quantitative estimate of drug-likeness (QED) is 0.619. The molecule has 8 heteroatoms. The van der Waals surface area contributed by atoms with Crippen LogP contribution in [0.25, 0.3) is 0 Å². The van der Waals surface area contributed by atoms with Crippen LogP contribution in [-0.2, 0) is 12.3 Å². The Morgan fingerprint density at radius 2 is 2.00 bits per heavy atom. The molecule has 2 aromatic heterocycles. The molecule has 0 atom stereocenters. The lowest BCUT2D eigenvalue weighted by molar-refractivity contribution is 0.667. The number of hydrogen-bond acceptors (Lipinski definition) is 6. The Morgan fingerprint density at radius 1 is 1.17 bits per heavy atom. The van der Waals surface area contributed by atoms with Crippen LogP contribution in [0.15, 0.2) is 35.5 Å². The zero-order valence-corrected chi connectivity index (χ0v) is 14.6. The van der Waals surface area contributed by atoms with Crippen molar-refractivity contribution in [1.29, 1.82) is 0 Å². The first kappa shape index (κ1) is 15.1. The van der Waals surface area contributed by atoms with E-state index in [-0.39, 0.29) is 0 Å². The van der Waals surface area contributed by atoms with Crippen molar-refractivity contribution < 1.29 is 0 Å². The Hall–Kier alpha value is -1.44. The molecular formula is C15H14ClN5S2. The van der Waals surface area contributed by atoms with Gasteiger partial charge in [0.05, 0.1) is 6.54 Å². The molecule has 2 heterocycles. The van der Waals surface area contributed by atoms with Gasteiger partial charge in [-0.15, -0.1) is 15.3 Å². The molecular weight excluding hydrogens is 350 g/mol. The van der Waals surface area contributed by atoms with Gasteiger partial charge in [-0.2, -0.15) is 0 Å². The molecule has 0 saturated heterocycles. The fourth-order valence-electron chi connectivity index (χ4n) is 2.38. The molecule has 0 N–H and O–H groups in total. The van der Waals surface area contributed by atoms with Gasteiger partial charge in [0.15, 0.2) is 5.16 Å².